The molecule has 2 aromatic rings. The highest BCUT2D eigenvalue weighted by Gasteiger charge is 2.63. The minimum Gasteiger partial charge on any atom is -0.463 e. The van der Waals surface area contributed by atoms with E-state index >= 15 is 0 Å². The van der Waals surface area contributed by atoms with Crippen molar-refractivity contribution < 1.29 is 45.1 Å². The summed E-state index contributed by atoms with van der Waals surface area (Å²) in [4.78, 5) is 24.7. The van der Waals surface area contributed by atoms with Crippen molar-refractivity contribution in [2.75, 3.05) is 11.9 Å². The predicted octanol–water partition coefficient (Wildman–Crippen LogP) is 4.51. The third-order valence-corrected chi connectivity index (χ3v) is 3.92. The van der Waals surface area contributed by atoms with Crippen LogP contribution in [0.5, 0.6) is 0 Å². The van der Waals surface area contributed by atoms with Gasteiger partial charge in [0.05, 0.1) is 12.2 Å². The largest absolute Gasteiger partial charge is 0.463 e. The van der Waals surface area contributed by atoms with Crippen molar-refractivity contribution in [3.05, 3.63) is 65.5 Å². The SMILES string of the molecule is CCOC(=O)C(NC(=O)c1cccc(F)c1)(Nc1cccc(C(F)(F)F)c1)C(F)(F)F. The van der Waals surface area contributed by atoms with Crippen molar-refractivity contribution >= 4 is 17.6 Å². The van der Waals surface area contributed by atoms with E-state index in [-0.39, 0.29) is 0 Å². The fourth-order valence-corrected chi connectivity index (χ4v) is 2.49. The number of carbonyl (C=O) groups excluding carboxylic acids is 2. The van der Waals surface area contributed by atoms with E-state index in [1.54, 1.807) is 5.32 Å². The summed E-state index contributed by atoms with van der Waals surface area (Å²) < 4.78 is 98.8. The predicted molar refractivity (Wildman–Crippen MR) is 94.4 cm³/mol. The van der Waals surface area contributed by atoms with Crippen molar-refractivity contribution in [2.24, 2.45) is 0 Å². The highest BCUT2D eigenvalue weighted by Crippen LogP contribution is 2.36. The lowest BCUT2D eigenvalue weighted by Gasteiger charge is -2.35. The molecule has 1 amide bonds. The third-order valence-electron chi connectivity index (χ3n) is 3.92. The number of benzene rings is 2. The smallest absolute Gasteiger partial charge is 0.441 e. The second kappa shape index (κ2) is 8.82. The van der Waals surface area contributed by atoms with Crippen LogP contribution in [0.25, 0.3) is 0 Å². The topological polar surface area (TPSA) is 67.4 Å². The molecule has 31 heavy (non-hydrogen) atoms. The molecule has 0 aliphatic carbocycles. The molecule has 1 atom stereocenters. The lowest BCUT2D eigenvalue weighted by Crippen LogP contribution is -2.69. The number of carbonyl (C=O) groups is 2. The van der Waals surface area contributed by atoms with Crippen LogP contribution in [0.4, 0.5) is 36.4 Å². The Hall–Kier alpha value is -3.31. The fraction of sp³-hybridized carbons (Fsp3) is 0.263. The number of anilines is 1. The van der Waals surface area contributed by atoms with E-state index in [0.717, 1.165) is 30.3 Å². The van der Waals surface area contributed by atoms with E-state index in [9.17, 15) is 40.3 Å². The summed E-state index contributed by atoms with van der Waals surface area (Å²) in [6, 6.07) is 6.16. The van der Waals surface area contributed by atoms with Crippen molar-refractivity contribution in [3.63, 3.8) is 0 Å². The monoisotopic (exact) mass is 452 g/mol. The first kappa shape index (κ1) is 24.0. The van der Waals surface area contributed by atoms with Crippen LogP contribution in [0.15, 0.2) is 48.5 Å². The Bertz CT molecular complexity index is 960. The first-order valence-electron chi connectivity index (χ1n) is 8.57. The molecule has 0 radical (unpaired) electrons. The summed E-state index contributed by atoms with van der Waals surface area (Å²) in [5.74, 6) is -4.48. The normalized spacial score (nSPS) is 13.8. The molecule has 2 rings (SSSR count). The summed E-state index contributed by atoms with van der Waals surface area (Å²) in [6.45, 7) is 0.661. The first-order valence-corrected chi connectivity index (χ1v) is 8.57. The maximum absolute atomic E-state index is 14.1. The molecule has 0 saturated carbocycles. The molecule has 0 saturated heterocycles. The van der Waals surface area contributed by atoms with Gasteiger partial charge in [0, 0.05) is 11.3 Å². The number of hydrogen-bond acceptors (Lipinski definition) is 4. The Morgan fingerprint density at radius 2 is 1.61 bits per heavy atom. The van der Waals surface area contributed by atoms with Crippen molar-refractivity contribution in [3.8, 4) is 0 Å². The second-order valence-electron chi connectivity index (χ2n) is 6.14. The van der Waals surface area contributed by atoms with Crippen LogP contribution in [0.1, 0.15) is 22.8 Å². The van der Waals surface area contributed by atoms with Crippen LogP contribution in [0, 0.1) is 5.82 Å². The maximum atomic E-state index is 14.1. The van der Waals surface area contributed by atoms with E-state index in [1.165, 1.54) is 12.2 Å². The van der Waals surface area contributed by atoms with Gasteiger partial charge in [-0.2, -0.15) is 26.3 Å². The second-order valence-corrected chi connectivity index (χ2v) is 6.14. The van der Waals surface area contributed by atoms with Gasteiger partial charge in [0.1, 0.15) is 5.82 Å². The summed E-state index contributed by atoms with van der Waals surface area (Å²) in [7, 11) is 0. The molecule has 2 aromatic carbocycles. The Labute approximate surface area is 171 Å². The van der Waals surface area contributed by atoms with Crippen molar-refractivity contribution in [1.82, 2.24) is 5.32 Å². The molecule has 0 aliphatic rings. The number of hydrogen-bond donors (Lipinski definition) is 2. The minimum absolute atomic E-state index is 0.327. The fourth-order valence-electron chi connectivity index (χ4n) is 2.49. The van der Waals surface area contributed by atoms with Crippen LogP contribution in [0.3, 0.4) is 0 Å². The van der Waals surface area contributed by atoms with Gasteiger partial charge in [-0.15, -0.1) is 0 Å². The zero-order valence-electron chi connectivity index (χ0n) is 15.7. The first-order chi connectivity index (χ1) is 14.3. The Kier molecular flexibility index (Phi) is 6.82. The van der Waals surface area contributed by atoms with Gasteiger partial charge in [0.2, 0.25) is 0 Å². The van der Waals surface area contributed by atoms with Gasteiger partial charge in [-0.3, -0.25) is 4.79 Å². The van der Waals surface area contributed by atoms with Gasteiger partial charge in [-0.05, 0) is 43.3 Å². The highest BCUT2D eigenvalue weighted by atomic mass is 19.4. The van der Waals surface area contributed by atoms with Crippen LogP contribution < -0.4 is 10.6 Å². The number of alkyl halides is 6. The van der Waals surface area contributed by atoms with Crippen LogP contribution in [-0.4, -0.2) is 30.3 Å². The molecule has 0 spiro atoms. The Morgan fingerprint density at radius 1 is 0.968 bits per heavy atom. The zero-order chi connectivity index (χ0) is 23.4. The van der Waals surface area contributed by atoms with Crippen LogP contribution in [0.2, 0.25) is 0 Å². The number of esters is 1. The molecule has 1 unspecified atom stereocenters. The average Bonchev–Trinajstić information content (AvgIpc) is 2.66. The van der Waals surface area contributed by atoms with Gasteiger partial charge in [-0.1, -0.05) is 12.1 Å². The number of halogens is 7. The summed E-state index contributed by atoms with van der Waals surface area (Å²) >= 11 is 0. The lowest BCUT2D eigenvalue weighted by molar-refractivity contribution is -0.204. The molecule has 0 bridgehead atoms. The standard InChI is InChI=1S/C19H15F7N2O3/c1-2-31-16(30)17(19(24,25)26,28-15(29)11-5-3-7-13(20)9-11)27-14-8-4-6-12(10-14)18(21,22)23/h3-10,27H,2H2,1H3,(H,28,29). The molecule has 0 heterocycles. The molecule has 5 nitrogen and oxygen atoms in total. The quantitative estimate of drug-likeness (QED) is 0.385. The lowest BCUT2D eigenvalue weighted by atomic mass is 10.1. The van der Waals surface area contributed by atoms with Gasteiger partial charge in [-0.25, -0.2) is 9.18 Å². The van der Waals surface area contributed by atoms with Crippen LogP contribution >= 0.6 is 0 Å². The van der Waals surface area contributed by atoms with Gasteiger partial charge in [0.25, 0.3) is 5.91 Å². The molecular weight excluding hydrogens is 437 g/mol. The Morgan fingerprint density at radius 3 is 2.16 bits per heavy atom. The number of ether oxygens (including phenoxy) is 1. The van der Waals surface area contributed by atoms with E-state index in [0.29, 0.717) is 18.2 Å². The minimum atomic E-state index is -5.57. The summed E-state index contributed by atoms with van der Waals surface area (Å²) in [5, 5.41) is 3.03. The molecule has 12 heteroatoms. The Balaban J connectivity index is 2.56. The van der Waals surface area contributed by atoms with Crippen molar-refractivity contribution in [2.45, 2.75) is 24.9 Å². The van der Waals surface area contributed by atoms with Gasteiger partial charge in [0.15, 0.2) is 0 Å². The van der Waals surface area contributed by atoms with E-state index in [4.69, 9.17) is 0 Å². The van der Waals surface area contributed by atoms with E-state index < -0.39 is 59.1 Å². The average molecular weight is 452 g/mol. The highest BCUT2D eigenvalue weighted by molar-refractivity contribution is 5.99. The molecule has 0 aromatic heterocycles. The summed E-state index contributed by atoms with van der Waals surface area (Å²) in [6.07, 6.45) is -10.5. The summed E-state index contributed by atoms with van der Waals surface area (Å²) in [5.41, 5.74) is -6.60. The van der Waals surface area contributed by atoms with Gasteiger partial charge >= 0.3 is 24.0 Å². The molecule has 2 N–H and O–H groups in total. The molecule has 0 fully saturated rings. The van der Waals surface area contributed by atoms with Gasteiger partial charge < -0.3 is 15.4 Å². The molecular formula is C19H15F7N2O3. The zero-order valence-corrected chi connectivity index (χ0v) is 15.7. The number of nitrogens with one attached hydrogen (secondary N) is 2. The van der Waals surface area contributed by atoms with Crippen molar-refractivity contribution in [1.29, 1.82) is 0 Å². The molecule has 168 valence electrons. The number of amides is 1. The number of rotatable bonds is 6. The van der Waals surface area contributed by atoms with E-state index in [2.05, 4.69) is 4.74 Å². The third kappa shape index (κ3) is 5.44. The van der Waals surface area contributed by atoms with E-state index in [1.807, 2.05) is 0 Å². The maximum Gasteiger partial charge on any atom is 0.441 e. The van der Waals surface area contributed by atoms with Crippen LogP contribution in [-0.2, 0) is 15.7 Å². The molecule has 0 aliphatic heterocycles.